The van der Waals surface area contributed by atoms with Crippen molar-refractivity contribution < 1.29 is 13.9 Å². The Morgan fingerprint density at radius 3 is 2.67 bits per heavy atom. The Morgan fingerprint density at radius 2 is 1.94 bits per heavy atom. The summed E-state index contributed by atoms with van der Waals surface area (Å²) in [6, 6.07) is 11.5. The van der Waals surface area contributed by atoms with Crippen LogP contribution in [0, 0.1) is 13.8 Å². The summed E-state index contributed by atoms with van der Waals surface area (Å²) < 4.78 is 13.7. The fourth-order valence-electron chi connectivity index (χ4n) is 3.49. The normalized spacial score (nSPS) is 11.0. The number of benzene rings is 1. The van der Waals surface area contributed by atoms with Gasteiger partial charge in [0.05, 0.1) is 18.8 Å². The van der Waals surface area contributed by atoms with Gasteiger partial charge in [-0.1, -0.05) is 12.1 Å². The van der Waals surface area contributed by atoms with Gasteiger partial charge >= 0.3 is 5.63 Å². The average molecular weight is 449 g/mol. The van der Waals surface area contributed by atoms with E-state index in [1.807, 2.05) is 26.8 Å². The highest BCUT2D eigenvalue weighted by Crippen LogP contribution is 2.24. The first-order valence-corrected chi connectivity index (χ1v) is 10.5. The van der Waals surface area contributed by atoms with Crippen LogP contribution in [0.3, 0.4) is 0 Å². The third kappa shape index (κ3) is 4.54. The number of nitrogens with zero attached hydrogens (tertiary/aromatic N) is 4. The molecular weight excluding hydrogens is 426 g/mol. The number of carbonyl (C=O) groups is 1. The maximum absolute atomic E-state index is 12.6. The topological polar surface area (TPSA) is 121 Å². The van der Waals surface area contributed by atoms with E-state index in [0.29, 0.717) is 23.6 Å². The van der Waals surface area contributed by atoms with Crippen LogP contribution in [-0.2, 0) is 6.54 Å². The number of amides is 1. The number of rotatable bonds is 7. The lowest BCUT2D eigenvalue weighted by Crippen LogP contribution is -2.34. The van der Waals surface area contributed by atoms with Crippen LogP contribution in [0.25, 0.3) is 16.8 Å². The molecule has 0 radical (unpaired) electrons. The van der Waals surface area contributed by atoms with Crippen LogP contribution in [0.1, 0.15) is 28.7 Å². The summed E-state index contributed by atoms with van der Waals surface area (Å²) in [6.45, 7) is 6.21. The number of hydrogen-bond donors (Lipinski definition) is 1. The first-order chi connectivity index (χ1) is 15.9. The molecule has 10 heteroatoms. The summed E-state index contributed by atoms with van der Waals surface area (Å²) in [5.74, 6) is 0.328. The van der Waals surface area contributed by atoms with Gasteiger partial charge in [-0.25, -0.2) is 14.2 Å². The van der Waals surface area contributed by atoms with Crippen LogP contribution in [-0.4, -0.2) is 38.6 Å². The van der Waals surface area contributed by atoms with Gasteiger partial charge in [0, 0.05) is 23.7 Å². The van der Waals surface area contributed by atoms with Crippen molar-refractivity contribution in [3.63, 3.8) is 0 Å². The SMILES string of the molecule is CCOc1cccc2cc(C(=O)NCCn3nc(-n4nc(C)cc4C)ccc3=O)c(=O)oc12. The molecule has 0 saturated carbocycles. The number of aromatic nitrogens is 4. The van der Waals surface area contributed by atoms with Gasteiger partial charge in [-0.3, -0.25) is 9.59 Å². The molecule has 0 unspecified atom stereocenters. The van der Waals surface area contributed by atoms with Crippen molar-refractivity contribution in [2.75, 3.05) is 13.2 Å². The van der Waals surface area contributed by atoms with E-state index in [2.05, 4.69) is 15.5 Å². The second-order valence-electron chi connectivity index (χ2n) is 7.40. The Balaban J connectivity index is 1.50. The first kappa shape index (κ1) is 22.0. The van der Waals surface area contributed by atoms with Gasteiger partial charge in [0.2, 0.25) is 0 Å². The number of carbonyl (C=O) groups excluding carboxylic acids is 1. The van der Waals surface area contributed by atoms with Crippen molar-refractivity contribution in [2.45, 2.75) is 27.3 Å². The third-order valence-corrected chi connectivity index (χ3v) is 4.96. The molecular formula is C23H23N5O5. The highest BCUT2D eigenvalue weighted by atomic mass is 16.5. The maximum atomic E-state index is 12.6. The van der Waals surface area contributed by atoms with Crippen molar-refractivity contribution in [1.29, 1.82) is 0 Å². The minimum atomic E-state index is -0.769. The van der Waals surface area contributed by atoms with Crippen LogP contribution in [0.4, 0.5) is 0 Å². The zero-order valence-corrected chi connectivity index (χ0v) is 18.5. The van der Waals surface area contributed by atoms with Crippen LogP contribution < -0.4 is 21.2 Å². The number of fused-ring (bicyclic) bond motifs is 1. The van der Waals surface area contributed by atoms with Gasteiger partial charge in [0.15, 0.2) is 17.2 Å². The maximum Gasteiger partial charge on any atom is 0.349 e. The van der Waals surface area contributed by atoms with Crippen molar-refractivity contribution in [2.24, 2.45) is 0 Å². The molecule has 4 rings (SSSR count). The first-order valence-electron chi connectivity index (χ1n) is 10.5. The molecule has 0 bridgehead atoms. The fraction of sp³-hybridized carbons (Fsp3) is 0.261. The standard InChI is InChI=1S/C23H23N5O5/c1-4-32-18-7-5-6-16-13-17(23(31)33-21(16)18)22(30)24-10-11-27-20(29)9-8-19(26-27)28-15(3)12-14(2)25-28/h5-9,12-13H,4,10-11H2,1-3H3,(H,24,30). The molecule has 1 amide bonds. The van der Waals surface area contributed by atoms with Crippen LogP contribution in [0.2, 0.25) is 0 Å². The molecule has 0 spiro atoms. The van der Waals surface area contributed by atoms with Crippen LogP contribution in [0.5, 0.6) is 5.75 Å². The van der Waals surface area contributed by atoms with Crippen molar-refractivity contribution in [3.05, 3.63) is 80.2 Å². The van der Waals surface area contributed by atoms with E-state index in [9.17, 15) is 14.4 Å². The number of nitrogens with one attached hydrogen (secondary N) is 1. The van der Waals surface area contributed by atoms with Gasteiger partial charge in [-0.2, -0.15) is 5.10 Å². The minimum absolute atomic E-state index is 0.0861. The number of para-hydroxylation sites is 1. The molecule has 0 atom stereocenters. The minimum Gasteiger partial charge on any atom is -0.490 e. The van der Waals surface area contributed by atoms with Crippen molar-refractivity contribution >= 4 is 16.9 Å². The van der Waals surface area contributed by atoms with Gasteiger partial charge in [-0.15, -0.1) is 5.10 Å². The molecule has 1 aromatic carbocycles. The molecule has 0 fully saturated rings. The molecule has 0 aliphatic rings. The number of aryl methyl sites for hydroxylation is 2. The number of ether oxygens (including phenoxy) is 1. The Morgan fingerprint density at radius 1 is 1.12 bits per heavy atom. The van der Waals surface area contributed by atoms with Crippen molar-refractivity contribution in [1.82, 2.24) is 24.9 Å². The predicted molar refractivity (Wildman–Crippen MR) is 121 cm³/mol. The monoisotopic (exact) mass is 449 g/mol. The van der Waals surface area contributed by atoms with Gasteiger partial charge in [0.25, 0.3) is 11.5 Å². The molecule has 1 N–H and O–H groups in total. The largest absolute Gasteiger partial charge is 0.490 e. The van der Waals surface area contributed by atoms with E-state index >= 15 is 0 Å². The van der Waals surface area contributed by atoms with Gasteiger partial charge in [0.1, 0.15) is 5.56 Å². The lowest BCUT2D eigenvalue weighted by molar-refractivity contribution is 0.0948. The zero-order chi connectivity index (χ0) is 23.5. The summed E-state index contributed by atoms with van der Waals surface area (Å²) in [5, 5.41) is 11.9. The van der Waals surface area contributed by atoms with Gasteiger partial charge in [-0.05, 0) is 45.0 Å². The molecule has 33 heavy (non-hydrogen) atoms. The Hall–Kier alpha value is -4.21. The lowest BCUT2D eigenvalue weighted by atomic mass is 10.1. The van der Waals surface area contributed by atoms with Gasteiger partial charge < -0.3 is 14.5 Å². The predicted octanol–water partition coefficient (Wildman–Crippen LogP) is 1.98. The molecule has 3 heterocycles. The fourth-order valence-corrected chi connectivity index (χ4v) is 3.49. The third-order valence-electron chi connectivity index (χ3n) is 4.96. The summed E-state index contributed by atoms with van der Waals surface area (Å²) in [4.78, 5) is 37.2. The molecule has 0 saturated heterocycles. The molecule has 3 aromatic heterocycles. The summed E-state index contributed by atoms with van der Waals surface area (Å²) in [7, 11) is 0. The summed E-state index contributed by atoms with van der Waals surface area (Å²) >= 11 is 0. The smallest absolute Gasteiger partial charge is 0.349 e. The second kappa shape index (κ2) is 9.11. The Labute approximate surface area is 188 Å². The summed E-state index contributed by atoms with van der Waals surface area (Å²) in [5.41, 5.74) is 0.790. The molecule has 170 valence electrons. The second-order valence-corrected chi connectivity index (χ2v) is 7.40. The van der Waals surface area contributed by atoms with E-state index in [1.165, 1.54) is 16.8 Å². The Bertz CT molecular complexity index is 1450. The van der Waals surface area contributed by atoms with Crippen LogP contribution >= 0.6 is 0 Å². The van der Waals surface area contributed by atoms with E-state index in [-0.39, 0.29) is 29.8 Å². The highest BCUT2D eigenvalue weighted by molar-refractivity contribution is 5.97. The molecule has 4 aromatic rings. The average Bonchev–Trinajstić information content (AvgIpc) is 3.13. The van der Waals surface area contributed by atoms with Crippen molar-refractivity contribution in [3.8, 4) is 11.6 Å². The Kier molecular flexibility index (Phi) is 6.07. The quantitative estimate of drug-likeness (QED) is 0.428. The summed E-state index contributed by atoms with van der Waals surface area (Å²) in [6.07, 6.45) is 0. The lowest BCUT2D eigenvalue weighted by Gasteiger charge is -2.10. The van der Waals surface area contributed by atoms with E-state index in [0.717, 1.165) is 11.4 Å². The van der Waals surface area contributed by atoms with E-state index in [1.54, 1.807) is 28.9 Å². The van der Waals surface area contributed by atoms with Crippen LogP contribution in [0.15, 0.2) is 56.5 Å². The molecule has 0 aliphatic heterocycles. The number of hydrogen-bond acceptors (Lipinski definition) is 7. The van der Waals surface area contributed by atoms with E-state index in [4.69, 9.17) is 9.15 Å². The highest BCUT2D eigenvalue weighted by Gasteiger charge is 2.16. The zero-order valence-electron chi connectivity index (χ0n) is 18.5. The molecule has 0 aliphatic carbocycles. The molecule has 10 nitrogen and oxygen atoms in total. The van der Waals surface area contributed by atoms with E-state index < -0.39 is 11.5 Å².